The van der Waals surface area contributed by atoms with Gasteiger partial charge in [0.25, 0.3) is 0 Å². The minimum Gasteiger partial charge on any atom is -0.368 e. The molecule has 0 aromatic carbocycles. The Morgan fingerprint density at radius 1 is 1.65 bits per heavy atom. The Labute approximate surface area is 100 Å². The molecule has 6 heteroatoms. The Morgan fingerprint density at radius 3 is 3.00 bits per heavy atom. The number of anilines is 2. The fraction of sp³-hybridized carbons (Fsp3) is 0.545. The number of carbonyl (C=O) groups is 1. The van der Waals surface area contributed by atoms with Crippen LogP contribution in [-0.4, -0.2) is 40.4 Å². The maximum Gasteiger partial charge on any atom is 0.244 e. The van der Waals surface area contributed by atoms with Crippen molar-refractivity contribution in [1.29, 1.82) is 0 Å². The molecule has 1 fully saturated rings. The third-order valence-corrected chi connectivity index (χ3v) is 3.00. The van der Waals surface area contributed by atoms with E-state index in [0.29, 0.717) is 5.82 Å². The Morgan fingerprint density at radius 2 is 2.41 bits per heavy atom. The SMILES string of the molecule is CCc1cnc(N)nc1NC1CCN(C)C1=O. The van der Waals surface area contributed by atoms with Gasteiger partial charge in [-0.3, -0.25) is 4.79 Å². The number of aryl methyl sites for hydroxylation is 1. The van der Waals surface area contributed by atoms with Crippen molar-refractivity contribution in [2.24, 2.45) is 0 Å². The third-order valence-electron chi connectivity index (χ3n) is 3.00. The molecule has 1 amide bonds. The number of likely N-dealkylation sites (tertiary alicyclic amines) is 1. The normalized spacial score (nSPS) is 19.8. The number of aromatic nitrogens is 2. The van der Waals surface area contributed by atoms with Crippen LogP contribution in [0, 0.1) is 0 Å². The molecular formula is C11H17N5O. The number of nitrogens with two attached hydrogens (primary N) is 1. The van der Waals surface area contributed by atoms with Gasteiger partial charge in [0.15, 0.2) is 0 Å². The summed E-state index contributed by atoms with van der Waals surface area (Å²) in [5, 5.41) is 3.16. The minimum atomic E-state index is -0.195. The van der Waals surface area contributed by atoms with Gasteiger partial charge in [0, 0.05) is 25.4 Å². The van der Waals surface area contributed by atoms with E-state index in [2.05, 4.69) is 15.3 Å². The van der Waals surface area contributed by atoms with Gasteiger partial charge in [0.1, 0.15) is 11.9 Å². The van der Waals surface area contributed by atoms with Gasteiger partial charge in [-0.05, 0) is 12.8 Å². The lowest BCUT2D eigenvalue weighted by molar-refractivity contribution is -0.127. The van der Waals surface area contributed by atoms with Gasteiger partial charge in [-0.1, -0.05) is 6.92 Å². The van der Waals surface area contributed by atoms with Gasteiger partial charge in [-0.2, -0.15) is 4.98 Å². The van der Waals surface area contributed by atoms with Crippen LogP contribution >= 0.6 is 0 Å². The summed E-state index contributed by atoms with van der Waals surface area (Å²) in [6, 6.07) is -0.195. The molecule has 3 N–H and O–H groups in total. The quantitative estimate of drug-likeness (QED) is 0.785. The van der Waals surface area contributed by atoms with Crippen molar-refractivity contribution in [3.63, 3.8) is 0 Å². The summed E-state index contributed by atoms with van der Waals surface area (Å²) in [6.45, 7) is 2.79. The van der Waals surface area contributed by atoms with E-state index >= 15 is 0 Å². The molecule has 1 aromatic rings. The van der Waals surface area contributed by atoms with Crippen molar-refractivity contribution in [1.82, 2.24) is 14.9 Å². The second kappa shape index (κ2) is 4.57. The molecular weight excluding hydrogens is 218 g/mol. The summed E-state index contributed by atoms with van der Waals surface area (Å²) < 4.78 is 0. The van der Waals surface area contributed by atoms with Crippen LogP contribution in [0.15, 0.2) is 6.20 Å². The highest BCUT2D eigenvalue weighted by atomic mass is 16.2. The van der Waals surface area contributed by atoms with Crippen LogP contribution in [0.3, 0.4) is 0 Å². The monoisotopic (exact) mass is 235 g/mol. The number of rotatable bonds is 3. The van der Waals surface area contributed by atoms with E-state index < -0.39 is 0 Å². The number of carbonyl (C=O) groups excluding carboxylic acids is 1. The lowest BCUT2D eigenvalue weighted by Crippen LogP contribution is -2.31. The molecule has 6 nitrogen and oxygen atoms in total. The van der Waals surface area contributed by atoms with Crippen LogP contribution in [0.5, 0.6) is 0 Å². The Balaban J connectivity index is 2.18. The molecule has 2 rings (SSSR count). The molecule has 1 aromatic heterocycles. The summed E-state index contributed by atoms with van der Waals surface area (Å²) in [7, 11) is 1.80. The average molecular weight is 235 g/mol. The first-order valence-electron chi connectivity index (χ1n) is 5.74. The van der Waals surface area contributed by atoms with Crippen LogP contribution < -0.4 is 11.1 Å². The van der Waals surface area contributed by atoms with Crippen LogP contribution in [0.4, 0.5) is 11.8 Å². The van der Waals surface area contributed by atoms with E-state index in [0.717, 1.165) is 24.9 Å². The van der Waals surface area contributed by atoms with Gasteiger partial charge in [-0.15, -0.1) is 0 Å². The predicted octanol–water partition coefficient (Wildman–Crippen LogP) is 0.264. The van der Waals surface area contributed by atoms with Gasteiger partial charge >= 0.3 is 0 Å². The average Bonchev–Trinajstić information content (AvgIpc) is 2.61. The van der Waals surface area contributed by atoms with Crippen molar-refractivity contribution in [3.05, 3.63) is 11.8 Å². The number of nitrogen functional groups attached to an aromatic ring is 1. The smallest absolute Gasteiger partial charge is 0.244 e. The molecule has 0 aliphatic carbocycles. The number of nitrogens with zero attached hydrogens (tertiary/aromatic N) is 3. The fourth-order valence-corrected chi connectivity index (χ4v) is 1.93. The van der Waals surface area contributed by atoms with E-state index in [1.807, 2.05) is 6.92 Å². The van der Waals surface area contributed by atoms with Gasteiger partial charge in [-0.25, -0.2) is 4.98 Å². The van der Waals surface area contributed by atoms with Crippen LogP contribution in [0.2, 0.25) is 0 Å². The standard InChI is InChI=1S/C11H17N5O/c1-3-7-6-13-11(12)15-9(7)14-8-4-5-16(2)10(8)17/h6,8H,3-5H2,1-2H3,(H3,12,13,14,15). The maximum atomic E-state index is 11.8. The van der Waals surface area contributed by atoms with E-state index in [1.165, 1.54) is 0 Å². The van der Waals surface area contributed by atoms with Crippen molar-refractivity contribution >= 4 is 17.7 Å². The summed E-state index contributed by atoms with van der Waals surface area (Å²) in [6.07, 6.45) is 3.30. The molecule has 92 valence electrons. The van der Waals surface area contributed by atoms with E-state index in [-0.39, 0.29) is 17.9 Å². The first-order valence-corrected chi connectivity index (χ1v) is 5.74. The van der Waals surface area contributed by atoms with Crippen molar-refractivity contribution < 1.29 is 4.79 Å². The highest BCUT2D eigenvalue weighted by Crippen LogP contribution is 2.18. The molecule has 2 heterocycles. The summed E-state index contributed by atoms with van der Waals surface area (Å²) in [5.74, 6) is 1.00. The zero-order valence-corrected chi connectivity index (χ0v) is 10.1. The molecule has 0 saturated carbocycles. The minimum absolute atomic E-state index is 0.101. The van der Waals surface area contributed by atoms with Crippen LogP contribution in [0.1, 0.15) is 18.9 Å². The Kier molecular flexibility index (Phi) is 3.12. The molecule has 0 spiro atoms. The van der Waals surface area contributed by atoms with Crippen molar-refractivity contribution in [3.8, 4) is 0 Å². The Bertz CT molecular complexity index is 434. The highest BCUT2D eigenvalue weighted by molar-refractivity contribution is 5.86. The van der Waals surface area contributed by atoms with Gasteiger partial charge < -0.3 is 16.0 Å². The van der Waals surface area contributed by atoms with Crippen LogP contribution in [0.25, 0.3) is 0 Å². The number of hydrogen-bond acceptors (Lipinski definition) is 5. The molecule has 0 bridgehead atoms. The highest BCUT2D eigenvalue weighted by Gasteiger charge is 2.29. The largest absolute Gasteiger partial charge is 0.368 e. The summed E-state index contributed by atoms with van der Waals surface area (Å²) in [4.78, 5) is 21.6. The maximum absolute atomic E-state index is 11.8. The zero-order valence-electron chi connectivity index (χ0n) is 10.1. The van der Waals surface area contributed by atoms with Crippen LogP contribution in [-0.2, 0) is 11.2 Å². The number of nitrogens with one attached hydrogen (secondary N) is 1. The molecule has 1 aliphatic rings. The summed E-state index contributed by atoms with van der Waals surface area (Å²) in [5.41, 5.74) is 6.53. The number of hydrogen-bond donors (Lipinski definition) is 2. The molecule has 0 radical (unpaired) electrons. The zero-order chi connectivity index (χ0) is 12.4. The van der Waals surface area contributed by atoms with Gasteiger partial charge in [0.2, 0.25) is 11.9 Å². The lowest BCUT2D eigenvalue weighted by atomic mass is 10.2. The topological polar surface area (TPSA) is 84.1 Å². The molecule has 1 atom stereocenters. The van der Waals surface area contributed by atoms with Crippen molar-refractivity contribution in [2.45, 2.75) is 25.8 Å². The van der Waals surface area contributed by atoms with E-state index in [4.69, 9.17) is 5.73 Å². The van der Waals surface area contributed by atoms with E-state index in [9.17, 15) is 4.79 Å². The second-order valence-corrected chi connectivity index (χ2v) is 4.20. The molecule has 1 aliphatic heterocycles. The molecule has 17 heavy (non-hydrogen) atoms. The fourth-order valence-electron chi connectivity index (χ4n) is 1.93. The Hall–Kier alpha value is -1.85. The molecule has 1 unspecified atom stereocenters. The lowest BCUT2D eigenvalue weighted by Gasteiger charge is -2.15. The second-order valence-electron chi connectivity index (χ2n) is 4.20. The van der Waals surface area contributed by atoms with Crippen molar-refractivity contribution in [2.75, 3.05) is 24.6 Å². The number of likely N-dealkylation sites (N-methyl/N-ethyl adjacent to an activating group) is 1. The molecule has 1 saturated heterocycles. The first kappa shape index (κ1) is 11.6. The van der Waals surface area contributed by atoms with E-state index in [1.54, 1.807) is 18.1 Å². The predicted molar refractivity (Wildman–Crippen MR) is 65.5 cm³/mol. The summed E-state index contributed by atoms with van der Waals surface area (Å²) >= 11 is 0. The first-order chi connectivity index (χ1) is 8.11. The third kappa shape index (κ3) is 2.30. The number of amides is 1. The van der Waals surface area contributed by atoms with Gasteiger partial charge in [0.05, 0.1) is 0 Å².